The summed E-state index contributed by atoms with van der Waals surface area (Å²) in [5.41, 5.74) is 13.8. The lowest BCUT2D eigenvalue weighted by Gasteiger charge is -2.26. The van der Waals surface area contributed by atoms with E-state index in [9.17, 15) is 0 Å². The molecule has 1 aliphatic rings. The molecule has 4 aromatic rings. The van der Waals surface area contributed by atoms with Crippen molar-refractivity contribution in [2.45, 2.75) is 20.8 Å². The summed E-state index contributed by atoms with van der Waals surface area (Å²) in [6.45, 7) is 6.49. The molecule has 1 aliphatic carbocycles. The first kappa shape index (κ1) is 17.8. The third-order valence-corrected chi connectivity index (χ3v) is 6.08. The van der Waals surface area contributed by atoms with Crippen LogP contribution in [0.1, 0.15) is 16.7 Å². The van der Waals surface area contributed by atoms with Crippen LogP contribution in [0.2, 0.25) is 0 Å². The Hall–Kier alpha value is -3.32. The van der Waals surface area contributed by atoms with E-state index in [1.807, 2.05) is 0 Å². The van der Waals surface area contributed by atoms with Gasteiger partial charge in [-0.15, -0.1) is 0 Å². The molecule has 1 heteroatoms. The summed E-state index contributed by atoms with van der Waals surface area (Å²) in [5.74, 6) is 0.974. The number of methoxy groups -OCH3 is 1. The number of hydrogen-bond acceptors (Lipinski definition) is 1. The second kappa shape index (κ2) is 6.63. The summed E-state index contributed by atoms with van der Waals surface area (Å²) >= 11 is 0. The molecule has 0 saturated carbocycles. The van der Waals surface area contributed by atoms with Gasteiger partial charge in [-0.05, 0) is 82.5 Å². The van der Waals surface area contributed by atoms with Crippen molar-refractivity contribution in [1.82, 2.24) is 0 Å². The van der Waals surface area contributed by atoms with Gasteiger partial charge < -0.3 is 4.74 Å². The van der Waals surface area contributed by atoms with Gasteiger partial charge in [-0.3, -0.25) is 0 Å². The maximum Gasteiger partial charge on any atom is 0.125 e. The van der Waals surface area contributed by atoms with E-state index in [-0.39, 0.29) is 0 Å². The highest BCUT2D eigenvalue weighted by Crippen LogP contribution is 2.50. The molecule has 0 saturated heterocycles. The third kappa shape index (κ3) is 2.61. The van der Waals surface area contributed by atoms with Crippen molar-refractivity contribution in [3.05, 3.63) is 89.5 Å². The zero-order valence-corrected chi connectivity index (χ0v) is 17.3. The van der Waals surface area contributed by atoms with E-state index in [0.29, 0.717) is 0 Å². The third-order valence-electron chi connectivity index (χ3n) is 6.08. The zero-order chi connectivity index (χ0) is 20.1. The van der Waals surface area contributed by atoms with Crippen molar-refractivity contribution in [3.8, 4) is 50.3 Å². The summed E-state index contributed by atoms with van der Waals surface area (Å²) in [6, 6.07) is 26.6. The normalized spacial score (nSPS) is 11.4. The van der Waals surface area contributed by atoms with Crippen LogP contribution in [0.25, 0.3) is 44.5 Å². The molecule has 142 valence electrons. The average Bonchev–Trinajstić information content (AvgIpc) is 2.73. The van der Waals surface area contributed by atoms with Crippen molar-refractivity contribution >= 4 is 0 Å². The minimum atomic E-state index is 0.974. The smallest absolute Gasteiger partial charge is 0.125 e. The van der Waals surface area contributed by atoms with Gasteiger partial charge in [-0.25, -0.2) is 0 Å². The van der Waals surface area contributed by atoms with Crippen LogP contribution in [-0.4, -0.2) is 7.11 Å². The van der Waals surface area contributed by atoms with Crippen molar-refractivity contribution in [2.75, 3.05) is 7.11 Å². The Morgan fingerprint density at radius 1 is 0.552 bits per heavy atom. The molecule has 0 amide bonds. The van der Waals surface area contributed by atoms with E-state index in [4.69, 9.17) is 4.74 Å². The van der Waals surface area contributed by atoms with Crippen molar-refractivity contribution in [1.29, 1.82) is 0 Å². The van der Waals surface area contributed by atoms with Gasteiger partial charge in [0.2, 0.25) is 0 Å². The Labute approximate surface area is 172 Å². The molecule has 0 spiro atoms. The van der Waals surface area contributed by atoms with Gasteiger partial charge >= 0.3 is 0 Å². The van der Waals surface area contributed by atoms with Crippen molar-refractivity contribution in [3.63, 3.8) is 0 Å². The first-order valence-corrected chi connectivity index (χ1v) is 10.1. The Bertz CT molecular complexity index is 1260. The van der Waals surface area contributed by atoms with E-state index >= 15 is 0 Å². The van der Waals surface area contributed by atoms with E-state index in [0.717, 1.165) is 5.75 Å². The predicted octanol–water partition coefficient (Wildman–Crippen LogP) is 7.60. The number of fused-ring (bicyclic) bond motifs is 8. The Morgan fingerprint density at radius 3 is 1.69 bits per heavy atom. The van der Waals surface area contributed by atoms with Gasteiger partial charge in [0.25, 0.3) is 0 Å². The molecule has 0 fully saturated rings. The van der Waals surface area contributed by atoms with Crippen molar-refractivity contribution in [2.24, 2.45) is 0 Å². The number of ether oxygens (including phenoxy) is 1. The molecule has 0 aromatic heterocycles. The Balaban J connectivity index is 2.03. The quantitative estimate of drug-likeness (QED) is 0.293. The second-order valence-corrected chi connectivity index (χ2v) is 7.91. The molecule has 0 aliphatic heterocycles. The van der Waals surface area contributed by atoms with E-state index < -0.39 is 0 Å². The lowest BCUT2D eigenvalue weighted by Crippen LogP contribution is -2.02. The number of rotatable bonds is 1. The van der Waals surface area contributed by atoms with Gasteiger partial charge in [0.05, 0.1) is 7.11 Å². The van der Waals surface area contributed by atoms with E-state index in [1.54, 1.807) is 7.11 Å². The van der Waals surface area contributed by atoms with Crippen LogP contribution in [0.4, 0.5) is 0 Å². The van der Waals surface area contributed by atoms with Crippen LogP contribution in [0.5, 0.6) is 5.75 Å². The maximum absolute atomic E-state index is 5.81. The highest BCUT2D eigenvalue weighted by molar-refractivity contribution is 6.04. The van der Waals surface area contributed by atoms with Crippen LogP contribution in [0.15, 0.2) is 72.8 Å². The second-order valence-electron chi connectivity index (χ2n) is 7.91. The summed E-state index contributed by atoms with van der Waals surface area (Å²) in [5, 5.41) is 0. The lowest BCUT2D eigenvalue weighted by atomic mass is 9.78. The van der Waals surface area contributed by atoms with Gasteiger partial charge in [0.1, 0.15) is 5.75 Å². The highest BCUT2D eigenvalue weighted by atomic mass is 16.5. The Kier molecular flexibility index (Phi) is 4.06. The SMILES string of the molecule is COc1c(C)cc2c(c1C)-c1ccc(C)cc1-c1ccccc1-c1ccccc1-2. The van der Waals surface area contributed by atoms with Gasteiger partial charge in [0.15, 0.2) is 0 Å². The largest absolute Gasteiger partial charge is 0.496 e. The standard InChI is InChI=1S/C28H24O/c1-17-13-14-24-25(15-17)22-11-7-5-9-20(22)21-10-6-8-12-23(21)26-16-18(2)28(29-4)19(3)27(24)26/h5-16H,1-4H3. The summed E-state index contributed by atoms with van der Waals surface area (Å²) in [7, 11) is 1.77. The summed E-state index contributed by atoms with van der Waals surface area (Å²) in [4.78, 5) is 0. The first-order valence-electron chi connectivity index (χ1n) is 10.1. The lowest BCUT2D eigenvalue weighted by molar-refractivity contribution is 0.409. The number of hydrogen-bond donors (Lipinski definition) is 0. The van der Waals surface area contributed by atoms with Crippen LogP contribution in [0, 0.1) is 20.8 Å². The average molecular weight is 376 g/mol. The fraction of sp³-hybridized carbons (Fsp3) is 0.143. The molecule has 0 heterocycles. The zero-order valence-electron chi connectivity index (χ0n) is 17.3. The van der Waals surface area contributed by atoms with Crippen LogP contribution < -0.4 is 4.74 Å². The van der Waals surface area contributed by atoms with Crippen LogP contribution >= 0.6 is 0 Å². The highest BCUT2D eigenvalue weighted by Gasteiger charge is 2.25. The molecule has 29 heavy (non-hydrogen) atoms. The molecule has 0 unspecified atom stereocenters. The van der Waals surface area contributed by atoms with Crippen LogP contribution in [0.3, 0.4) is 0 Å². The number of benzene rings is 4. The number of aryl methyl sites for hydroxylation is 2. The summed E-state index contributed by atoms with van der Waals surface area (Å²) < 4.78 is 5.81. The molecule has 0 N–H and O–H groups in total. The molecule has 5 rings (SSSR count). The Morgan fingerprint density at radius 2 is 1.10 bits per heavy atom. The molecule has 0 bridgehead atoms. The van der Waals surface area contributed by atoms with Gasteiger partial charge in [0, 0.05) is 0 Å². The van der Waals surface area contributed by atoms with Crippen molar-refractivity contribution < 1.29 is 4.74 Å². The predicted molar refractivity (Wildman–Crippen MR) is 123 cm³/mol. The minimum Gasteiger partial charge on any atom is -0.496 e. The maximum atomic E-state index is 5.81. The molecule has 1 nitrogen and oxygen atoms in total. The fourth-order valence-corrected chi connectivity index (χ4v) is 4.84. The molecule has 0 radical (unpaired) electrons. The summed E-state index contributed by atoms with van der Waals surface area (Å²) in [6.07, 6.45) is 0. The first-order chi connectivity index (χ1) is 14.1. The van der Waals surface area contributed by atoms with E-state index in [2.05, 4.69) is 93.6 Å². The van der Waals surface area contributed by atoms with Crippen LogP contribution in [-0.2, 0) is 0 Å². The molecule has 4 aromatic carbocycles. The molecule has 0 atom stereocenters. The van der Waals surface area contributed by atoms with E-state index in [1.165, 1.54) is 61.2 Å². The molecular formula is C28H24O. The minimum absolute atomic E-state index is 0.974. The van der Waals surface area contributed by atoms with Gasteiger partial charge in [-0.2, -0.15) is 0 Å². The monoisotopic (exact) mass is 376 g/mol. The topological polar surface area (TPSA) is 9.23 Å². The molecular weight excluding hydrogens is 352 g/mol. The fourth-order valence-electron chi connectivity index (χ4n) is 4.84. The van der Waals surface area contributed by atoms with Gasteiger partial charge in [-0.1, -0.05) is 72.3 Å².